The van der Waals surface area contributed by atoms with Crippen molar-refractivity contribution in [3.8, 4) is 0 Å². The van der Waals surface area contributed by atoms with Gasteiger partial charge < -0.3 is 5.11 Å². The highest BCUT2D eigenvalue weighted by atomic mass is 35.5. The van der Waals surface area contributed by atoms with E-state index in [0.717, 1.165) is 11.4 Å². The number of aliphatic hydroxyl groups excluding tert-OH is 1. The molecule has 0 amide bonds. The molecule has 1 heterocycles. The molecule has 2 rings (SSSR count). The van der Waals surface area contributed by atoms with E-state index in [1.165, 1.54) is 11.1 Å². The summed E-state index contributed by atoms with van der Waals surface area (Å²) in [4.78, 5) is 0. The Kier molecular flexibility index (Phi) is 4.27. The second-order valence-electron chi connectivity index (χ2n) is 4.96. The summed E-state index contributed by atoms with van der Waals surface area (Å²) in [5.41, 5.74) is 4.07. The number of rotatable bonds is 4. The summed E-state index contributed by atoms with van der Waals surface area (Å²) in [6, 6.07) is 8.11. The van der Waals surface area contributed by atoms with Gasteiger partial charge in [-0.05, 0) is 31.4 Å². The van der Waals surface area contributed by atoms with Gasteiger partial charge in [0.25, 0.3) is 0 Å². The van der Waals surface area contributed by atoms with Crippen LogP contribution >= 0.6 is 11.6 Å². The van der Waals surface area contributed by atoms with Gasteiger partial charge in [0.1, 0.15) is 0 Å². The second kappa shape index (κ2) is 5.76. The van der Waals surface area contributed by atoms with E-state index in [4.69, 9.17) is 11.6 Å². The number of hydrogen-bond acceptors (Lipinski definition) is 2. The van der Waals surface area contributed by atoms with E-state index in [-0.39, 0.29) is 0 Å². The zero-order valence-electron chi connectivity index (χ0n) is 11.5. The number of nitrogens with zero attached hydrogens (tertiary/aromatic N) is 2. The Hall–Kier alpha value is -1.32. The van der Waals surface area contributed by atoms with Gasteiger partial charge in [0, 0.05) is 13.5 Å². The fraction of sp³-hybridized carbons (Fsp3) is 0.400. The molecule has 0 aliphatic carbocycles. The normalized spacial score (nSPS) is 12.7. The van der Waals surface area contributed by atoms with Crippen molar-refractivity contribution in [3.05, 3.63) is 51.8 Å². The van der Waals surface area contributed by atoms with E-state index >= 15 is 0 Å². The van der Waals surface area contributed by atoms with E-state index in [1.54, 1.807) is 4.68 Å². The fourth-order valence-corrected chi connectivity index (χ4v) is 2.53. The number of aryl methyl sites for hydroxylation is 3. The van der Waals surface area contributed by atoms with Crippen molar-refractivity contribution in [2.45, 2.75) is 32.8 Å². The van der Waals surface area contributed by atoms with Crippen LogP contribution in [0.4, 0.5) is 0 Å². The molecule has 0 bridgehead atoms. The van der Waals surface area contributed by atoms with Gasteiger partial charge >= 0.3 is 0 Å². The van der Waals surface area contributed by atoms with Gasteiger partial charge in [0.15, 0.2) is 0 Å². The number of halogens is 1. The Morgan fingerprint density at radius 2 is 1.95 bits per heavy atom. The van der Waals surface area contributed by atoms with Crippen molar-refractivity contribution in [3.63, 3.8) is 0 Å². The number of hydrogen-bond donors (Lipinski definition) is 1. The summed E-state index contributed by atoms with van der Waals surface area (Å²) in [6.07, 6.45) is 0.700. The Labute approximate surface area is 118 Å². The van der Waals surface area contributed by atoms with Crippen LogP contribution in [0, 0.1) is 13.8 Å². The first-order chi connectivity index (χ1) is 8.99. The summed E-state index contributed by atoms with van der Waals surface area (Å²) >= 11 is 6.20. The van der Waals surface area contributed by atoms with Crippen LogP contribution in [0.5, 0.6) is 0 Å². The van der Waals surface area contributed by atoms with E-state index < -0.39 is 6.10 Å². The van der Waals surface area contributed by atoms with Gasteiger partial charge in [-0.3, -0.25) is 4.68 Å². The van der Waals surface area contributed by atoms with Crippen LogP contribution < -0.4 is 0 Å². The maximum Gasteiger partial charge on any atom is 0.0847 e. The Morgan fingerprint density at radius 1 is 1.26 bits per heavy atom. The monoisotopic (exact) mass is 278 g/mol. The lowest BCUT2D eigenvalue weighted by molar-refractivity contribution is 0.172. The molecule has 3 nitrogen and oxygen atoms in total. The molecule has 1 aromatic heterocycles. The van der Waals surface area contributed by atoms with Crippen LogP contribution in [0.25, 0.3) is 0 Å². The molecular weight excluding hydrogens is 260 g/mol. The SMILES string of the molecule is Cc1ccccc1CC(O)Cc1c(Cl)c(C)nn1C. The lowest BCUT2D eigenvalue weighted by atomic mass is 10.00. The highest BCUT2D eigenvalue weighted by molar-refractivity contribution is 6.31. The maximum absolute atomic E-state index is 10.2. The molecule has 1 unspecified atom stereocenters. The third-order valence-electron chi connectivity index (χ3n) is 3.41. The summed E-state index contributed by atoms with van der Waals surface area (Å²) in [6.45, 7) is 3.93. The van der Waals surface area contributed by atoms with Crippen molar-refractivity contribution in [2.24, 2.45) is 7.05 Å². The zero-order valence-corrected chi connectivity index (χ0v) is 12.3. The fourth-order valence-electron chi connectivity index (χ4n) is 2.29. The van der Waals surface area contributed by atoms with Crippen molar-refractivity contribution in [1.82, 2.24) is 9.78 Å². The average molecular weight is 279 g/mol. The quantitative estimate of drug-likeness (QED) is 0.934. The van der Waals surface area contributed by atoms with Crippen molar-refractivity contribution in [1.29, 1.82) is 0 Å². The number of aliphatic hydroxyl groups is 1. The third kappa shape index (κ3) is 3.17. The molecule has 0 saturated carbocycles. The van der Waals surface area contributed by atoms with Crippen LogP contribution in [0.1, 0.15) is 22.5 Å². The molecule has 19 heavy (non-hydrogen) atoms. The zero-order chi connectivity index (χ0) is 14.0. The van der Waals surface area contributed by atoms with Crippen molar-refractivity contribution in [2.75, 3.05) is 0 Å². The Balaban J connectivity index is 2.10. The molecule has 102 valence electrons. The molecule has 4 heteroatoms. The summed E-state index contributed by atoms with van der Waals surface area (Å²) < 4.78 is 1.75. The lowest BCUT2D eigenvalue weighted by Crippen LogP contribution is -2.17. The van der Waals surface area contributed by atoms with Gasteiger partial charge in [0.05, 0.1) is 22.5 Å². The predicted octanol–water partition coefficient (Wildman–Crippen LogP) is 2.84. The molecule has 0 radical (unpaired) electrons. The van der Waals surface area contributed by atoms with Gasteiger partial charge in [-0.1, -0.05) is 35.9 Å². The van der Waals surface area contributed by atoms with E-state index in [1.807, 2.05) is 26.1 Å². The molecule has 1 N–H and O–H groups in total. The minimum Gasteiger partial charge on any atom is -0.392 e. The molecule has 0 fully saturated rings. The van der Waals surface area contributed by atoms with Crippen LogP contribution in [-0.2, 0) is 19.9 Å². The Morgan fingerprint density at radius 3 is 2.53 bits per heavy atom. The number of aromatic nitrogens is 2. The maximum atomic E-state index is 10.2. The predicted molar refractivity (Wildman–Crippen MR) is 77.5 cm³/mol. The molecule has 2 aromatic rings. The molecule has 0 spiro atoms. The highest BCUT2D eigenvalue weighted by Gasteiger charge is 2.16. The van der Waals surface area contributed by atoms with Gasteiger partial charge in [0.2, 0.25) is 0 Å². The summed E-state index contributed by atoms with van der Waals surface area (Å²) in [5, 5.41) is 15.2. The van der Waals surface area contributed by atoms with Crippen LogP contribution in [0.15, 0.2) is 24.3 Å². The average Bonchev–Trinajstić information content (AvgIpc) is 2.59. The van der Waals surface area contributed by atoms with Crippen LogP contribution in [0.3, 0.4) is 0 Å². The van der Waals surface area contributed by atoms with Crippen LogP contribution in [0.2, 0.25) is 5.02 Å². The first-order valence-electron chi connectivity index (χ1n) is 6.39. The molecule has 1 atom stereocenters. The first-order valence-corrected chi connectivity index (χ1v) is 6.77. The Bertz CT molecular complexity index is 578. The molecule has 1 aromatic carbocycles. The highest BCUT2D eigenvalue weighted by Crippen LogP contribution is 2.22. The van der Waals surface area contributed by atoms with Crippen LogP contribution in [-0.4, -0.2) is 21.0 Å². The second-order valence-corrected chi connectivity index (χ2v) is 5.34. The van der Waals surface area contributed by atoms with Gasteiger partial charge in [-0.25, -0.2) is 0 Å². The lowest BCUT2D eigenvalue weighted by Gasteiger charge is -2.13. The third-order valence-corrected chi connectivity index (χ3v) is 3.90. The first kappa shape index (κ1) is 14.1. The van der Waals surface area contributed by atoms with E-state index in [2.05, 4.69) is 24.2 Å². The summed E-state index contributed by atoms with van der Waals surface area (Å²) in [7, 11) is 1.86. The largest absolute Gasteiger partial charge is 0.392 e. The molecule has 0 aliphatic heterocycles. The standard InChI is InChI=1S/C15H19ClN2O/c1-10-6-4-5-7-12(10)8-13(19)9-14-15(16)11(2)17-18(14)3/h4-7,13,19H,8-9H2,1-3H3. The summed E-state index contributed by atoms with van der Waals surface area (Å²) in [5.74, 6) is 0. The smallest absolute Gasteiger partial charge is 0.0847 e. The molecular formula is C15H19ClN2O. The minimum atomic E-state index is -0.451. The minimum absolute atomic E-state index is 0.451. The van der Waals surface area contributed by atoms with Gasteiger partial charge in [-0.15, -0.1) is 0 Å². The van der Waals surface area contributed by atoms with Gasteiger partial charge in [-0.2, -0.15) is 5.10 Å². The molecule has 0 saturated heterocycles. The van der Waals surface area contributed by atoms with Crippen molar-refractivity contribution >= 4 is 11.6 Å². The number of benzene rings is 1. The van der Waals surface area contributed by atoms with E-state index in [9.17, 15) is 5.11 Å². The molecule has 0 aliphatic rings. The van der Waals surface area contributed by atoms with E-state index in [0.29, 0.717) is 17.9 Å². The van der Waals surface area contributed by atoms with Crippen molar-refractivity contribution < 1.29 is 5.11 Å². The topological polar surface area (TPSA) is 38.1 Å².